The molecule has 1 aromatic carbocycles. The molecule has 0 atom stereocenters. The molecule has 0 bridgehead atoms. The molecule has 28 heavy (non-hydrogen) atoms. The lowest BCUT2D eigenvalue weighted by Gasteiger charge is -2.06. The highest BCUT2D eigenvalue weighted by Gasteiger charge is 2.10. The van der Waals surface area contributed by atoms with E-state index in [9.17, 15) is 9.59 Å². The van der Waals surface area contributed by atoms with Gasteiger partial charge in [0, 0.05) is 17.1 Å². The summed E-state index contributed by atoms with van der Waals surface area (Å²) in [4.78, 5) is 28.3. The molecule has 144 valence electrons. The molecule has 0 spiro atoms. The third-order valence-electron chi connectivity index (χ3n) is 3.84. The number of carbonyl (C=O) groups excluding carboxylic acids is 2. The van der Waals surface area contributed by atoms with Crippen LogP contribution in [0.3, 0.4) is 0 Å². The quantitative estimate of drug-likeness (QED) is 0.476. The molecule has 3 aromatic rings. The summed E-state index contributed by atoms with van der Waals surface area (Å²) in [6, 6.07) is 11.2. The predicted molar refractivity (Wildman–Crippen MR) is 108 cm³/mol. The predicted octanol–water partition coefficient (Wildman–Crippen LogP) is 4.29. The number of furan rings is 1. The molecule has 6 nitrogen and oxygen atoms in total. The first kappa shape index (κ1) is 19.6. The maximum Gasteiger partial charge on any atom is 0.331 e. The Morgan fingerprint density at radius 2 is 2.04 bits per heavy atom. The molecule has 0 saturated heterocycles. The number of esters is 1. The number of benzene rings is 1. The van der Waals surface area contributed by atoms with Crippen LogP contribution >= 0.6 is 11.3 Å². The molecular formula is C21H20N2O4S. The molecule has 1 amide bonds. The van der Waals surface area contributed by atoms with E-state index >= 15 is 0 Å². The minimum Gasteiger partial charge on any atom is -0.462 e. The van der Waals surface area contributed by atoms with Crippen molar-refractivity contribution in [2.75, 3.05) is 5.32 Å². The van der Waals surface area contributed by atoms with Crippen molar-refractivity contribution in [1.82, 2.24) is 4.98 Å². The molecule has 0 unspecified atom stereocenters. The van der Waals surface area contributed by atoms with Gasteiger partial charge < -0.3 is 14.5 Å². The van der Waals surface area contributed by atoms with E-state index in [1.54, 1.807) is 17.5 Å². The first-order chi connectivity index (χ1) is 13.5. The summed E-state index contributed by atoms with van der Waals surface area (Å²) in [5, 5.41) is 5.32. The molecule has 0 fully saturated rings. The Morgan fingerprint density at radius 3 is 2.79 bits per heavy atom. The highest BCUT2D eigenvalue weighted by atomic mass is 32.1. The SMILES string of the molecule is Cc1ccc(/C=C/C(=O)OCc2csc(CC(=O)Nc3ccccc3C)n2)o1. The molecule has 2 heterocycles. The number of rotatable bonds is 7. The van der Waals surface area contributed by atoms with Crippen molar-refractivity contribution in [2.45, 2.75) is 26.9 Å². The Morgan fingerprint density at radius 1 is 1.21 bits per heavy atom. The third kappa shape index (κ3) is 5.65. The smallest absolute Gasteiger partial charge is 0.331 e. The molecule has 0 radical (unpaired) electrons. The van der Waals surface area contributed by atoms with E-state index < -0.39 is 5.97 Å². The third-order valence-corrected chi connectivity index (χ3v) is 4.74. The molecule has 0 aliphatic rings. The fourth-order valence-corrected chi connectivity index (χ4v) is 3.20. The molecule has 0 aliphatic heterocycles. The average molecular weight is 396 g/mol. The van der Waals surface area contributed by atoms with Crippen LogP contribution in [0.15, 0.2) is 52.3 Å². The van der Waals surface area contributed by atoms with Crippen molar-refractivity contribution in [3.8, 4) is 0 Å². The van der Waals surface area contributed by atoms with Crippen molar-refractivity contribution in [3.63, 3.8) is 0 Å². The molecule has 3 rings (SSSR count). The molecule has 1 N–H and O–H groups in total. The first-order valence-electron chi connectivity index (χ1n) is 8.69. The Balaban J connectivity index is 1.47. The van der Waals surface area contributed by atoms with Gasteiger partial charge in [0.05, 0.1) is 12.1 Å². The second-order valence-corrected chi connectivity index (χ2v) is 7.10. The van der Waals surface area contributed by atoms with E-state index in [-0.39, 0.29) is 18.9 Å². The average Bonchev–Trinajstić information content (AvgIpc) is 3.29. The lowest BCUT2D eigenvalue weighted by atomic mass is 10.2. The van der Waals surface area contributed by atoms with E-state index in [2.05, 4.69) is 10.3 Å². The summed E-state index contributed by atoms with van der Waals surface area (Å²) in [5.74, 6) is 0.740. The number of amides is 1. The number of hydrogen-bond acceptors (Lipinski definition) is 6. The Hall–Kier alpha value is -3.19. The number of thiazole rings is 1. The monoisotopic (exact) mass is 396 g/mol. The Kier molecular flexibility index (Phi) is 6.39. The summed E-state index contributed by atoms with van der Waals surface area (Å²) in [6.45, 7) is 3.82. The van der Waals surface area contributed by atoms with Crippen LogP contribution in [0.25, 0.3) is 6.08 Å². The van der Waals surface area contributed by atoms with Crippen LogP contribution in [-0.4, -0.2) is 16.9 Å². The largest absolute Gasteiger partial charge is 0.462 e. The fourth-order valence-electron chi connectivity index (χ4n) is 2.43. The zero-order chi connectivity index (χ0) is 19.9. The first-order valence-corrected chi connectivity index (χ1v) is 9.57. The van der Waals surface area contributed by atoms with Crippen molar-refractivity contribution in [3.05, 3.63) is 75.6 Å². The lowest BCUT2D eigenvalue weighted by molar-refractivity contribution is -0.139. The maximum atomic E-state index is 12.2. The van der Waals surface area contributed by atoms with Gasteiger partial charge in [0.1, 0.15) is 23.1 Å². The molecule has 2 aromatic heterocycles. The van der Waals surface area contributed by atoms with Crippen molar-refractivity contribution in [1.29, 1.82) is 0 Å². The zero-order valence-corrected chi connectivity index (χ0v) is 16.4. The minimum absolute atomic E-state index is 0.0519. The van der Waals surface area contributed by atoms with E-state index in [4.69, 9.17) is 9.15 Å². The van der Waals surface area contributed by atoms with Crippen LogP contribution in [0, 0.1) is 13.8 Å². The van der Waals surface area contributed by atoms with Gasteiger partial charge in [0.15, 0.2) is 0 Å². The van der Waals surface area contributed by atoms with Gasteiger partial charge in [-0.15, -0.1) is 11.3 Å². The summed E-state index contributed by atoms with van der Waals surface area (Å²) < 4.78 is 10.5. The standard InChI is InChI=1S/C21H20N2O4S/c1-14-5-3-4-6-18(14)23-19(24)11-20-22-16(13-28-20)12-26-21(25)10-9-17-8-7-15(2)27-17/h3-10,13H,11-12H2,1-2H3,(H,23,24)/b10-9+. The second kappa shape index (κ2) is 9.14. The molecule has 0 aliphatic carbocycles. The lowest BCUT2D eigenvalue weighted by Crippen LogP contribution is -2.15. The minimum atomic E-state index is -0.485. The van der Waals surface area contributed by atoms with Gasteiger partial charge >= 0.3 is 5.97 Å². The van der Waals surface area contributed by atoms with Crippen LogP contribution in [0.2, 0.25) is 0 Å². The molecule has 7 heteroatoms. The van der Waals surface area contributed by atoms with Gasteiger partial charge in [-0.25, -0.2) is 9.78 Å². The van der Waals surface area contributed by atoms with Crippen LogP contribution in [0.4, 0.5) is 5.69 Å². The van der Waals surface area contributed by atoms with Crippen LogP contribution in [-0.2, 0) is 27.4 Å². The van der Waals surface area contributed by atoms with E-state index in [1.165, 1.54) is 17.4 Å². The van der Waals surface area contributed by atoms with Crippen LogP contribution in [0.1, 0.15) is 27.8 Å². The van der Waals surface area contributed by atoms with Gasteiger partial charge in [0.2, 0.25) is 5.91 Å². The van der Waals surface area contributed by atoms with Crippen molar-refractivity contribution >= 4 is 35.0 Å². The summed E-state index contributed by atoms with van der Waals surface area (Å²) in [7, 11) is 0. The number of aromatic nitrogens is 1. The Labute approximate surface area is 166 Å². The van der Waals surface area contributed by atoms with E-state index in [0.717, 1.165) is 17.0 Å². The number of aryl methyl sites for hydroxylation is 2. The number of anilines is 1. The zero-order valence-electron chi connectivity index (χ0n) is 15.6. The van der Waals surface area contributed by atoms with Gasteiger partial charge in [0.25, 0.3) is 0 Å². The van der Waals surface area contributed by atoms with Gasteiger partial charge in [-0.3, -0.25) is 4.79 Å². The van der Waals surface area contributed by atoms with Crippen molar-refractivity contribution < 1.29 is 18.7 Å². The van der Waals surface area contributed by atoms with Crippen molar-refractivity contribution in [2.24, 2.45) is 0 Å². The fraction of sp³-hybridized carbons (Fsp3) is 0.190. The number of para-hydroxylation sites is 1. The summed E-state index contributed by atoms with van der Waals surface area (Å²) >= 11 is 1.36. The number of ether oxygens (including phenoxy) is 1. The summed E-state index contributed by atoms with van der Waals surface area (Å²) in [6.07, 6.45) is 3.03. The topological polar surface area (TPSA) is 81.4 Å². The van der Waals surface area contributed by atoms with Crippen LogP contribution in [0.5, 0.6) is 0 Å². The normalized spacial score (nSPS) is 10.9. The number of nitrogens with zero attached hydrogens (tertiary/aromatic N) is 1. The second-order valence-electron chi connectivity index (χ2n) is 6.16. The van der Waals surface area contributed by atoms with Gasteiger partial charge in [-0.2, -0.15) is 0 Å². The van der Waals surface area contributed by atoms with Gasteiger partial charge in [-0.1, -0.05) is 18.2 Å². The molecule has 0 saturated carbocycles. The van der Waals surface area contributed by atoms with E-state index in [1.807, 2.05) is 44.2 Å². The Bertz CT molecular complexity index is 1000. The molecular weight excluding hydrogens is 376 g/mol. The number of nitrogens with one attached hydrogen (secondary N) is 1. The van der Waals surface area contributed by atoms with Gasteiger partial charge in [-0.05, 0) is 43.7 Å². The number of carbonyl (C=O) groups is 2. The highest BCUT2D eigenvalue weighted by molar-refractivity contribution is 7.09. The maximum absolute atomic E-state index is 12.2. The highest BCUT2D eigenvalue weighted by Crippen LogP contribution is 2.16. The van der Waals surface area contributed by atoms with Crippen LogP contribution < -0.4 is 5.32 Å². The summed E-state index contributed by atoms with van der Waals surface area (Å²) in [5.41, 5.74) is 2.40. The number of hydrogen-bond donors (Lipinski definition) is 1. The van der Waals surface area contributed by atoms with E-state index in [0.29, 0.717) is 16.5 Å².